The van der Waals surface area contributed by atoms with Crippen LogP contribution in [0.1, 0.15) is 15.9 Å². The van der Waals surface area contributed by atoms with E-state index in [1.807, 2.05) is 6.07 Å². The maximum Gasteiger partial charge on any atom is 0.257 e. The third-order valence-corrected chi connectivity index (χ3v) is 3.48. The van der Waals surface area contributed by atoms with Crippen molar-refractivity contribution >= 4 is 22.4 Å². The second-order valence-corrected chi connectivity index (χ2v) is 5.01. The highest BCUT2D eigenvalue weighted by atomic mass is 32.1. The zero-order valence-electron chi connectivity index (χ0n) is 10.6. The van der Waals surface area contributed by atoms with Gasteiger partial charge in [0.15, 0.2) is 10.8 Å². The predicted octanol–water partition coefficient (Wildman–Crippen LogP) is 2.92. The lowest BCUT2D eigenvalue weighted by Crippen LogP contribution is -2.11. The molecule has 0 radical (unpaired) electrons. The van der Waals surface area contributed by atoms with E-state index < -0.39 is 0 Å². The lowest BCUT2D eigenvalue weighted by Gasteiger charge is -2.00. The minimum Gasteiger partial charge on any atom is -0.462 e. The van der Waals surface area contributed by atoms with Gasteiger partial charge < -0.3 is 4.42 Å². The third kappa shape index (κ3) is 2.80. The van der Waals surface area contributed by atoms with Gasteiger partial charge in [-0.3, -0.25) is 10.1 Å². The largest absolute Gasteiger partial charge is 0.462 e. The number of nitriles is 1. The van der Waals surface area contributed by atoms with Crippen LogP contribution in [-0.4, -0.2) is 16.1 Å². The first-order chi connectivity index (χ1) is 10.3. The van der Waals surface area contributed by atoms with Crippen molar-refractivity contribution in [1.29, 1.82) is 5.26 Å². The van der Waals surface area contributed by atoms with Gasteiger partial charge in [-0.1, -0.05) is 17.4 Å². The Hall–Kier alpha value is -2.98. The first-order valence-electron chi connectivity index (χ1n) is 5.95. The fourth-order valence-electron chi connectivity index (χ4n) is 1.67. The molecule has 0 aliphatic rings. The Kier molecular flexibility index (Phi) is 3.45. The Labute approximate surface area is 123 Å². The van der Waals surface area contributed by atoms with Crippen LogP contribution in [0.4, 0.5) is 5.13 Å². The standard InChI is InChI=1S/C14H8N4O2S/c15-8-9-3-1-4-10(7-9)12(19)16-14-18-17-13(21-14)11-5-2-6-20-11/h1-7H,(H,16,18,19). The fourth-order valence-corrected chi connectivity index (χ4v) is 2.38. The number of hydrogen-bond acceptors (Lipinski definition) is 6. The lowest BCUT2D eigenvalue weighted by molar-refractivity contribution is 0.102. The number of carbonyl (C=O) groups is 1. The third-order valence-electron chi connectivity index (χ3n) is 2.63. The van der Waals surface area contributed by atoms with Gasteiger partial charge in [-0.15, -0.1) is 10.2 Å². The van der Waals surface area contributed by atoms with Crippen molar-refractivity contribution in [3.8, 4) is 16.8 Å². The first-order valence-corrected chi connectivity index (χ1v) is 6.77. The summed E-state index contributed by atoms with van der Waals surface area (Å²) >= 11 is 1.21. The van der Waals surface area contributed by atoms with Crippen LogP contribution in [0.2, 0.25) is 0 Å². The zero-order chi connectivity index (χ0) is 14.7. The summed E-state index contributed by atoms with van der Waals surface area (Å²) in [4.78, 5) is 12.1. The first kappa shape index (κ1) is 13.0. The highest BCUT2D eigenvalue weighted by Gasteiger charge is 2.12. The van der Waals surface area contributed by atoms with Crippen LogP contribution in [0.25, 0.3) is 10.8 Å². The van der Waals surface area contributed by atoms with E-state index in [0.29, 0.717) is 27.0 Å². The summed E-state index contributed by atoms with van der Waals surface area (Å²) in [6.45, 7) is 0. The minimum absolute atomic E-state index is 0.339. The molecule has 1 aromatic carbocycles. The minimum atomic E-state index is -0.339. The Bertz CT molecular complexity index is 818. The van der Waals surface area contributed by atoms with E-state index in [9.17, 15) is 4.79 Å². The Balaban J connectivity index is 1.77. The molecule has 0 bridgehead atoms. The maximum atomic E-state index is 12.1. The van der Waals surface area contributed by atoms with Crippen molar-refractivity contribution in [2.45, 2.75) is 0 Å². The van der Waals surface area contributed by atoms with Gasteiger partial charge in [-0.2, -0.15) is 5.26 Å². The molecule has 6 nitrogen and oxygen atoms in total. The summed E-state index contributed by atoms with van der Waals surface area (Å²) in [5.74, 6) is 0.258. The van der Waals surface area contributed by atoms with Crippen molar-refractivity contribution in [3.05, 3.63) is 53.8 Å². The van der Waals surface area contributed by atoms with Gasteiger partial charge in [0.2, 0.25) is 5.13 Å². The van der Waals surface area contributed by atoms with Crippen LogP contribution in [0.3, 0.4) is 0 Å². The molecule has 3 aromatic rings. The molecule has 1 N–H and O–H groups in total. The molecule has 0 saturated carbocycles. The molecular weight excluding hydrogens is 288 g/mol. The van der Waals surface area contributed by atoms with Crippen molar-refractivity contribution in [1.82, 2.24) is 10.2 Å². The lowest BCUT2D eigenvalue weighted by atomic mass is 10.1. The van der Waals surface area contributed by atoms with Gasteiger partial charge in [0.05, 0.1) is 17.9 Å². The van der Waals surface area contributed by atoms with Crippen molar-refractivity contribution in [2.24, 2.45) is 0 Å². The topological polar surface area (TPSA) is 91.8 Å². The Morgan fingerprint density at radius 2 is 2.19 bits per heavy atom. The molecule has 21 heavy (non-hydrogen) atoms. The van der Waals surface area contributed by atoms with Crippen molar-refractivity contribution in [3.63, 3.8) is 0 Å². The predicted molar refractivity (Wildman–Crippen MR) is 76.7 cm³/mol. The monoisotopic (exact) mass is 296 g/mol. The number of carbonyl (C=O) groups excluding carboxylic acids is 1. The van der Waals surface area contributed by atoms with Gasteiger partial charge in [0.25, 0.3) is 5.91 Å². The van der Waals surface area contributed by atoms with E-state index in [-0.39, 0.29) is 5.91 Å². The molecule has 102 valence electrons. The van der Waals surface area contributed by atoms with Crippen LogP contribution in [0.5, 0.6) is 0 Å². The number of benzene rings is 1. The average molecular weight is 296 g/mol. The summed E-state index contributed by atoms with van der Waals surface area (Å²) in [7, 11) is 0. The molecule has 2 aromatic heterocycles. The average Bonchev–Trinajstić information content (AvgIpc) is 3.18. The van der Waals surface area contributed by atoms with E-state index in [1.54, 1.807) is 36.6 Å². The Morgan fingerprint density at radius 1 is 1.29 bits per heavy atom. The number of rotatable bonds is 3. The summed E-state index contributed by atoms with van der Waals surface area (Å²) in [5.41, 5.74) is 0.819. The van der Waals surface area contributed by atoms with Crippen LogP contribution < -0.4 is 5.32 Å². The maximum absolute atomic E-state index is 12.1. The van der Waals surface area contributed by atoms with E-state index in [2.05, 4.69) is 15.5 Å². The second-order valence-electron chi connectivity index (χ2n) is 4.04. The molecule has 0 unspecified atom stereocenters. The van der Waals surface area contributed by atoms with Gasteiger partial charge in [0.1, 0.15) is 0 Å². The number of aromatic nitrogens is 2. The fraction of sp³-hybridized carbons (Fsp3) is 0. The molecule has 0 saturated heterocycles. The highest BCUT2D eigenvalue weighted by Crippen LogP contribution is 2.26. The number of hydrogen-bond donors (Lipinski definition) is 1. The Morgan fingerprint density at radius 3 is 2.95 bits per heavy atom. The molecular formula is C14H8N4O2S. The van der Waals surface area contributed by atoms with Crippen LogP contribution in [0, 0.1) is 11.3 Å². The molecule has 7 heteroatoms. The van der Waals surface area contributed by atoms with Crippen LogP contribution in [0.15, 0.2) is 47.1 Å². The molecule has 0 aliphatic carbocycles. The molecule has 1 amide bonds. The summed E-state index contributed by atoms with van der Waals surface area (Å²) in [6.07, 6.45) is 1.54. The molecule has 3 rings (SSSR count). The SMILES string of the molecule is N#Cc1cccc(C(=O)Nc2nnc(-c3ccco3)s2)c1. The van der Waals surface area contributed by atoms with Crippen molar-refractivity contribution < 1.29 is 9.21 Å². The second kappa shape index (κ2) is 5.56. The van der Waals surface area contributed by atoms with E-state index in [1.165, 1.54) is 17.4 Å². The molecule has 0 spiro atoms. The number of amides is 1. The summed E-state index contributed by atoms with van der Waals surface area (Å²) in [6, 6.07) is 11.9. The van der Waals surface area contributed by atoms with E-state index in [4.69, 9.17) is 9.68 Å². The smallest absolute Gasteiger partial charge is 0.257 e. The van der Waals surface area contributed by atoms with Gasteiger partial charge in [-0.05, 0) is 30.3 Å². The van der Waals surface area contributed by atoms with Gasteiger partial charge in [-0.25, -0.2) is 0 Å². The quantitative estimate of drug-likeness (QED) is 0.802. The normalized spacial score (nSPS) is 10.0. The zero-order valence-corrected chi connectivity index (χ0v) is 11.4. The molecule has 0 atom stereocenters. The van der Waals surface area contributed by atoms with Gasteiger partial charge >= 0.3 is 0 Å². The van der Waals surface area contributed by atoms with Crippen LogP contribution in [-0.2, 0) is 0 Å². The molecule has 0 fully saturated rings. The highest BCUT2D eigenvalue weighted by molar-refractivity contribution is 7.18. The van der Waals surface area contributed by atoms with Crippen LogP contribution >= 0.6 is 11.3 Å². The number of nitrogens with zero attached hydrogens (tertiary/aromatic N) is 3. The van der Waals surface area contributed by atoms with E-state index in [0.717, 1.165) is 0 Å². The molecule has 0 aliphatic heterocycles. The number of furan rings is 1. The van der Waals surface area contributed by atoms with Crippen molar-refractivity contribution in [2.75, 3.05) is 5.32 Å². The number of anilines is 1. The summed E-state index contributed by atoms with van der Waals surface area (Å²) < 4.78 is 5.21. The molecule has 2 heterocycles. The summed E-state index contributed by atoms with van der Waals surface area (Å²) in [5, 5.41) is 20.3. The van der Waals surface area contributed by atoms with Gasteiger partial charge in [0, 0.05) is 5.56 Å². The van der Waals surface area contributed by atoms with E-state index >= 15 is 0 Å². The number of nitrogens with one attached hydrogen (secondary N) is 1.